The summed E-state index contributed by atoms with van der Waals surface area (Å²) in [5.41, 5.74) is 1.92. The van der Waals surface area contributed by atoms with E-state index in [4.69, 9.17) is 0 Å². The quantitative estimate of drug-likeness (QED) is 0.747. The largest absolute Gasteiger partial charge is 0.378 e. The topological polar surface area (TPSA) is 55.6 Å². The van der Waals surface area contributed by atoms with Crippen LogP contribution in [-0.4, -0.2) is 19.5 Å². The second-order valence-corrected chi connectivity index (χ2v) is 4.99. The van der Waals surface area contributed by atoms with Gasteiger partial charge in [0.2, 0.25) is 0 Å². The first-order chi connectivity index (χ1) is 9.81. The third kappa shape index (κ3) is 3.03. The van der Waals surface area contributed by atoms with E-state index in [2.05, 4.69) is 36.2 Å². The van der Waals surface area contributed by atoms with Gasteiger partial charge < -0.3 is 5.32 Å². The minimum absolute atomic E-state index is 0.658. The van der Waals surface area contributed by atoms with Gasteiger partial charge in [-0.25, -0.2) is 15.0 Å². The molecule has 6 heteroatoms. The molecule has 0 radical (unpaired) electrons. The Balaban J connectivity index is 1.67. The van der Waals surface area contributed by atoms with E-state index in [-0.39, 0.29) is 0 Å². The summed E-state index contributed by atoms with van der Waals surface area (Å²) in [5.74, 6) is 0.841. The first-order valence-corrected chi connectivity index (χ1v) is 6.90. The summed E-state index contributed by atoms with van der Waals surface area (Å²) in [6.45, 7) is 0.658. The molecule has 0 unspecified atom stereocenters. The van der Waals surface area contributed by atoms with Crippen molar-refractivity contribution in [3.05, 3.63) is 65.5 Å². The standard InChI is InChI=1S/C14H12BrN5/c15-13-3-1-2-12(19-13)9-17-11-4-5-14(18-8-11)20-7-6-16-10-20/h1-8,10,17H,9H2. The van der Waals surface area contributed by atoms with Crippen LogP contribution in [0.3, 0.4) is 0 Å². The SMILES string of the molecule is Brc1cccc(CNc2ccc(-n3ccnc3)nc2)n1. The normalized spacial score (nSPS) is 10.4. The van der Waals surface area contributed by atoms with E-state index in [0.29, 0.717) is 6.54 Å². The Kier molecular flexibility index (Phi) is 3.73. The van der Waals surface area contributed by atoms with Crippen molar-refractivity contribution in [2.24, 2.45) is 0 Å². The lowest BCUT2D eigenvalue weighted by Crippen LogP contribution is -2.02. The Morgan fingerprint density at radius 2 is 2.15 bits per heavy atom. The van der Waals surface area contributed by atoms with Gasteiger partial charge in [0.25, 0.3) is 0 Å². The van der Waals surface area contributed by atoms with Crippen molar-refractivity contribution in [2.45, 2.75) is 6.54 Å². The van der Waals surface area contributed by atoms with Crippen LogP contribution in [0.25, 0.3) is 5.82 Å². The summed E-state index contributed by atoms with van der Waals surface area (Å²) in [6.07, 6.45) is 7.11. The second-order valence-electron chi connectivity index (χ2n) is 4.18. The number of imidazole rings is 1. The van der Waals surface area contributed by atoms with Crippen LogP contribution in [0.1, 0.15) is 5.69 Å². The van der Waals surface area contributed by atoms with E-state index in [0.717, 1.165) is 21.8 Å². The highest BCUT2D eigenvalue weighted by Gasteiger charge is 1.99. The number of nitrogens with one attached hydrogen (secondary N) is 1. The molecule has 3 aromatic rings. The van der Waals surface area contributed by atoms with Gasteiger partial charge in [-0.1, -0.05) is 6.07 Å². The van der Waals surface area contributed by atoms with E-state index in [1.807, 2.05) is 41.1 Å². The molecule has 1 N–H and O–H groups in total. The van der Waals surface area contributed by atoms with Crippen LogP contribution < -0.4 is 5.32 Å². The van der Waals surface area contributed by atoms with Crippen LogP contribution in [0.15, 0.2) is 59.9 Å². The van der Waals surface area contributed by atoms with Crippen molar-refractivity contribution in [2.75, 3.05) is 5.32 Å². The van der Waals surface area contributed by atoms with Crippen LogP contribution in [-0.2, 0) is 6.54 Å². The van der Waals surface area contributed by atoms with Gasteiger partial charge in [-0.2, -0.15) is 0 Å². The monoisotopic (exact) mass is 329 g/mol. The van der Waals surface area contributed by atoms with Crippen molar-refractivity contribution in [3.8, 4) is 5.82 Å². The minimum atomic E-state index is 0.658. The van der Waals surface area contributed by atoms with E-state index < -0.39 is 0 Å². The van der Waals surface area contributed by atoms with Crippen molar-refractivity contribution >= 4 is 21.6 Å². The molecule has 0 aromatic carbocycles. The fraction of sp³-hybridized carbons (Fsp3) is 0.0714. The highest BCUT2D eigenvalue weighted by molar-refractivity contribution is 9.10. The molecule has 0 saturated heterocycles. The fourth-order valence-electron chi connectivity index (χ4n) is 1.78. The Labute approximate surface area is 124 Å². The molecule has 3 aromatic heterocycles. The highest BCUT2D eigenvalue weighted by Crippen LogP contribution is 2.12. The summed E-state index contributed by atoms with van der Waals surface area (Å²) >= 11 is 3.36. The number of halogens is 1. The lowest BCUT2D eigenvalue weighted by molar-refractivity contribution is 0.985. The van der Waals surface area contributed by atoms with Gasteiger partial charge in [0, 0.05) is 12.4 Å². The number of rotatable bonds is 4. The predicted molar refractivity (Wildman–Crippen MR) is 80.6 cm³/mol. The molecule has 100 valence electrons. The van der Waals surface area contributed by atoms with Gasteiger partial charge in [0.1, 0.15) is 16.7 Å². The molecular weight excluding hydrogens is 318 g/mol. The maximum atomic E-state index is 4.38. The van der Waals surface area contributed by atoms with E-state index in [1.54, 1.807) is 18.7 Å². The molecule has 0 atom stereocenters. The minimum Gasteiger partial charge on any atom is -0.378 e. The van der Waals surface area contributed by atoms with E-state index in [9.17, 15) is 0 Å². The Hall–Kier alpha value is -2.21. The number of pyridine rings is 2. The van der Waals surface area contributed by atoms with Crippen LogP contribution in [0.4, 0.5) is 5.69 Å². The molecular formula is C14H12BrN5. The van der Waals surface area contributed by atoms with Gasteiger partial charge in [-0.05, 0) is 40.2 Å². The zero-order chi connectivity index (χ0) is 13.8. The summed E-state index contributed by atoms with van der Waals surface area (Å²) in [5, 5.41) is 3.29. The molecule has 0 bridgehead atoms. The number of aromatic nitrogens is 4. The maximum Gasteiger partial charge on any atom is 0.137 e. The number of nitrogens with zero attached hydrogens (tertiary/aromatic N) is 4. The number of hydrogen-bond donors (Lipinski definition) is 1. The molecule has 0 aliphatic heterocycles. The van der Waals surface area contributed by atoms with Crippen molar-refractivity contribution in [1.82, 2.24) is 19.5 Å². The molecule has 0 aliphatic carbocycles. The van der Waals surface area contributed by atoms with Crippen LogP contribution >= 0.6 is 15.9 Å². The zero-order valence-corrected chi connectivity index (χ0v) is 12.2. The molecule has 0 fully saturated rings. The Morgan fingerprint density at radius 1 is 1.20 bits per heavy atom. The Morgan fingerprint density at radius 3 is 2.85 bits per heavy atom. The molecule has 0 amide bonds. The van der Waals surface area contributed by atoms with Gasteiger partial charge in [-0.3, -0.25) is 4.57 Å². The van der Waals surface area contributed by atoms with Crippen molar-refractivity contribution in [1.29, 1.82) is 0 Å². The molecule has 0 saturated carbocycles. The van der Waals surface area contributed by atoms with Crippen LogP contribution in [0.5, 0.6) is 0 Å². The van der Waals surface area contributed by atoms with Crippen molar-refractivity contribution < 1.29 is 0 Å². The van der Waals surface area contributed by atoms with Gasteiger partial charge in [-0.15, -0.1) is 0 Å². The van der Waals surface area contributed by atoms with Gasteiger partial charge in [0.05, 0.1) is 24.1 Å². The summed E-state index contributed by atoms with van der Waals surface area (Å²) in [7, 11) is 0. The third-order valence-electron chi connectivity index (χ3n) is 2.76. The number of anilines is 1. The first kappa shape index (κ1) is 12.8. The lowest BCUT2D eigenvalue weighted by atomic mass is 10.3. The maximum absolute atomic E-state index is 4.38. The summed E-state index contributed by atoms with van der Waals surface area (Å²) in [6, 6.07) is 9.78. The molecule has 5 nitrogen and oxygen atoms in total. The summed E-state index contributed by atoms with van der Waals surface area (Å²) < 4.78 is 2.70. The highest BCUT2D eigenvalue weighted by atomic mass is 79.9. The van der Waals surface area contributed by atoms with Crippen LogP contribution in [0.2, 0.25) is 0 Å². The van der Waals surface area contributed by atoms with E-state index >= 15 is 0 Å². The fourth-order valence-corrected chi connectivity index (χ4v) is 2.16. The molecule has 3 rings (SSSR count). The summed E-state index contributed by atoms with van der Waals surface area (Å²) in [4.78, 5) is 12.7. The van der Waals surface area contributed by atoms with Crippen LogP contribution in [0, 0.1) is 0 Å². The predicted octanol–water partition coefficient (Wildman–Crippen LogP) is 3.04. The molecule has 3 heterocycles. The zero-order valence-electron chi connectivity index (χ0n) is 10.6. The van der Waals surface area contributed by atoms with E-state index in [1.165, 1.54) is 0 Å². The van der Waals surface area contributed by atoms with Gasteiger partial charge >= 0.3 is 0 Å². The number of hydrogen-bond acceptors (Lipinski definition) is 4. The smallest absolute Gasteiger partial charge is 0.137 e. The second kappa shape index (κ2) is 5.83. The third-order valence-corrected chi connectivity index (χ3v) is 3.20. The average molecular weight is 330 g/mol. The molecule has 0 spiro atoms. The first-order valence-electron chi connectivity index (χ1n) is 6.11. The molecule has 20 heavy (non-hydrogen) atoms. The average Bonchev–Trinajstić information content (AvgIpc) is 3.00. The Bertz CT molecular complexity index is 679. The lowest BCUT2D eigenvalue weighted by Gasteiger charge is -2.07. The van der Waals surface area contributed by atoms with Gasteiger partial charge in [0.15, 0.2) is 0 Å². The molecule has 0 aliphatic rings. The van der Waals surface area contributed by atoms with Crippen molar-refractivity contribution in [3.63, 3.8) is 0 Å².